The van der Waals surface area contributed by atoms with E-state index in [2.05, 4.69) is 6.07 Å². The molecule has 0 aliphatic carbocycles. The molecule has 0 spiro atoms. The molecule has 1 aromatic rings. The summed E-state index contributed by atoms with van der Waals surface area (Å²) < 4.78 is 34.7. The van der Waals surface area contributed by atoms with Gasteiger partial charge in [-0.1, -0.05) is 24.3 Å². The number of piperidine rings is 1. The van der Waals surface area contributed by atoms with Gasteiger partial charge in [0.15, 0.2) is 0 Å². The molecule has 2 aliphatic heterocycles. The third-order valence-corrected chi connectivity index (χ3v) is 6.98. The average Bonchev–Trinajstić information content (AvgIpc) is 2.60. The van der Waals surface area contributed by atoms with E-state index in [1.54, 1.807) is 15.7 Å². The minimum Gasteiger partial charge on any atom is -0.381 e. The molecule has 128 valence electrons. The number of benzene rings is 1. The maximum Gasteiger partial charge on any atom is 0.282 e. The molecule has 2 atom stereocenters. The molecule has 3 rings (SSSR count). The topological polar surface area (TPSA) is 75.9 Å². The van der Waals surface area contributed by atoms with Crippen LogP contribution in [0.4, 0.5) is 0 Å². The van der Waals surface area contributed by atoms with Crippen molar-refractivity contribution in [2.75, 3.05) is 26.7 Å². The second-order valence-electron chi connectivity index (χ2n) is 6.24. The summed E-state index contributed by atoms with van der Waals surface area (Å²) in [6.45, 7) is 1.77. The number of methoxy groups -OCH3 is 1. The van der Waals surface area contributed by atoms with Crippen molar-refractivity contribution in [1.29, 1.82) is 0 Å². The zero-order valence-electron chi connectivity index (χ0n) is 13.5. The first kappa shape index (κ1) is 16.9. The molecule has 0 radical (unpaired) electrons. The van der Waals surface area contributed by atoms with Crippen molar-refractivity contribution in [1.82, 2.24) is 8.61 Å². The van der Waals surface area contributed by atoms with E-state index in [4.69, 9.17) is 10.5 Å². The minimum atomic E-state index is -3.49. The Kier molecular flexibility index (Phi) is 5.03. The predicted molar refractivity (Wildman–Crippen MR) is 89.1 cm³/mol. The Morgan fingerprint density at radius 3 is 2.70 bits per heavy atom. The molecule has 7 heteroatoms. The van der Waals surface area contributed by atoms with Crippen LogP contribution in [0.5, 0.6) is 0 Å². The quantitative estimate of drug-likeness (QED) is 0.877. The highest BCUT2D eigenvalue weighted by molar-refractivity contribution is 7.86. The standard InChI is InChI=1S/C16H25N3O3S/c1-22-16-7-9-19(15(10-16)11-17)23(20,21)18-8-6-13-4-2-3-5-14(13)12-18/h2-5,15-16H,6-12,17H2,1H3. The van der Waals surface area contributed by atoms with Crippen molar-refractivity contribution < 1.29 is 13.2 Å². The number of ether oxygens (including phenoxy) is 1. The molecular weight excluding hydrogens is 314 g/mol. The lowest BCUT2D eigenvalue weighted by molar-refractivity contribution is 0.0382. The van der Waals surface area contributed by atoms with Crippen LogP contribution >= 0.6 is 0 Å². The summed E-state index contributed by atoms with van der Waals surface area (Å²) in [6, 6.07) is 7.86. The Morgan fingerprint density at radius 1 is 1.26 bits per heavy atom. The number of hydrogen-bond acceptors (Lipinski definition) is 4. The Hall–Kier alpha value is -0.990. The Bertz CT molecular complexity index is 650. The van der Waals surface area contributed by atoms with Gasteiger partial charge in [0.25, 0.3) is 10.2 Å². The van der Waals surface area contributed by atoms with E-state index in [-0.39, 0.29) is 12.1 Å². The van der Waals surface area contributed by atoms with Crippen molar-refractivity contribution in [3.05, 3.63) is 35.4 Å². The number of nitrogens with two attached hydrogens (primary N) is 1. The third kappa shape index (κ3) is 3.29. The van der Waals surface area contributed by atoms with Gasteiger partial charge in [-0.3, -0.25) is 0 Å². The van der Waals surface area contributed by atoms with Gasteiger partial charge in [-0.25, -0.2) is 0 Å². The Morgan fingerprint density at radius 2 is 2.00 bits per heavy atom. The van der Waals surface area contributed by atoms with Crippen LogP contribution < -0.4 is 5.73 Å². The van der Waals surface area contributed by atoms with Crippen molar-refractivity contribution >= 4 is 10.2 Å². The molecule has 2 heterocycles. The van der Waals surface area contributed by atoms with Crippen LogP contribution in [0.2, 0.25) is 0 Å². The van der Waals surface area contributed by atoms with E-state index in [9.17, 15) is 8.42 Å². The van der Waals surface area contributed by atoms with Gasteiger partial charge in [0.05, 0.1) is 6.10 Å². The van der Waals surface area contributed by atoms with Gasteiger partial charge in [-0.05, 0) is 30.4 Å². The zero-order chi connectivity index (χ0) is 16.4. The van der Waals surface area contributed by atoms with Gasteiger partial charge in [-0.2, -0.15) is 17.0 Å². The van der Waals surface area contributed by atoms with E-state index >= 15 is 0 Å². The highest BCUT2D eigenvalue weighted by Crippen LogP contribution is 2.27. The van der Waals surface area contributed by atoms with Gasteiger partial charge in [-0.15, -0.1) is 0 Å². The second-order valence-corrected chi connectivity index (χ2v) is 8.12. The monoisotopic (exact) mass is 339 g/mol. The number of fused-ring (bicyclic) bond motifs is 1. The molecule has 0 saturated carbocycles. The minimum absolute atomic E-state index is 0.0945. The van der Waals surface area contributed by atoms with Gasteiger partial charge in [0.1, 0.15) is 0 Å². The van der Waals surface area contributed by atoms with Gasteiger partial charge in [0.2, 0.25) is 0 Å². The highest BCUT2D eigenvalue weighted by Gasteiger charge is 2.39. The Balaban J connectivity index is 1.79. The molecular formula is C16H25N3O3S. The van der Waals surface area contributed by atoms with E-state index in [1.165, 1.54) is 5.56 Å². The van der Waals surface area contributed by atoms with Crippen molar-refractivity contribution in [2.24, 2.45) is 5.73 Å². The smallest absolute Gasteiger partial charge is 0.282 e. The SMILES string of the molecule is COC1CCN(S(=O)(=O)N2CCc3ccccc3C2)C(CN)C1. The molecule has 2 unspecified atom stereocenters. The molecule has 23 heavy (non-hydrogen) atoms. The van der Waals surface area contributed by atoms with E-state index in [0.29, 0.717) is 32.6 Å². The molecule has 6 nitrogen and oxygen atoms in total. The van der Waals surface area contributed by atoms with Crippen molar-refractivity contribution in [3.63, 3.8) is 0 Å². The first-order valence-corrected chi connectivity index (χ1v) is 9.52. The number of nitrogens with zero attached hydrogens (tertiary/aromatic N) is 2. The molecule has 2 N–H and O–H groups in total. The van der Waals surface area contributed by atoms with Crippen LogP contribution in [0.25, 0.3) is 0 Å². The molecule has 0 amide bonds. The highest BCUT2D eigenvalue weighted by atomic mass is 32.2. The lowest BCUT2D eigenvalue weighted by Crippen LogP contribution is -2.56. The van der Waals surface area contributed by atoms with Gasteiger partial charge in [0, 0.05) is 39.3 Å². The van der Waals surface area contributed by atoms with Crippen molar-refractivity contribution in [2.45, 2.75) is 38.0 Å². The second kappa shape index (κ2) is 6.86. The van der Waals surface area contributed by atoms with Crippen LogP contribution in [0.3, 0.4) is 0 Å². The molecule has 1 aromatic carbocycles. The molecule has 0 bridgehead atoms. The fourth-order valence-electron chi connectivity index (χ4n) is 3.54. The lowest BCUT2D eigenvalue weighted by atomic mass is 10.0. The summed E-state index contributed by atoms with van der Waals surface area (Å²) in [7, 11) is -1.82. The van der Waals surface area contributed by atoms with E-state index in [1.807, 2.05) is 18.2 Å². The summed E-state index contributed by atoms with van der Waals surface area (Å²) in [6.07, 6.45) is 2.24. The summed E-state index contributed by atoms with van der Waals surface area (Å²) in [5.74, 6) is 0. The van der Waals surface area contributed by atoms with Crippen LogP contribution in [-0.2, 0) is 27.9 Å². The molecule has 1 saturated heterocycles. The average molecular weight is 339 g/mol. The summed E-state index contributed by atoms with van der Waals surface area (Å²) in [5, 5.41) is 0. The third-order valence-electron chi connectivity index (χ3n) is 4.94. The lowest BCUT2D eigenvalue weighted by Gasteiger charge is -2.41. The maximum absolute atomic E-state index is 13.1. The van der Waals surface area contributed by atoms with E-state index in [0.717, 1.165) is 18.4 Å². The maximum atomic E-state index is 13.1. The van der Waals surface area contributed by atoms with Gasteiger partial charge < -0.3 is 10.5 Å². The number of rotatable bonds is 4. The van der Waals surface area contributed by atoms with Crippen LogP contribution in [0, 0.1) is 0 Å². The van der Waals surface area contributed by atoms with Gasteiger partial charge >= 0.3 is 0 Å². The summed E-state index contributed by atoms with van der Waals surface area (Å²) >= 11 is 0. The molecule has 2 aliphatic rings. The first-order chi connectivity index (χ1) is 11.1. The molecule has 1 fully saturated rings. The summed E-state index contributed by atoms with van der Waals surface area (Å²) in [4.78, 5) is 0. The number of hydrogen-bond donors (Lipinski definition) is 1. The fourth-order valence-corrected chi connectivity index (χ4v) is 5.35. The van der Waals surface area contributed by atoms with Crippen LogP contribution in [0.15, 0.2) is 24.3 Å². The van der Waals surface area contributed by atoms with E-state index < -0.39 is 10.2 Å². The first-order valence-electron chi connectivity index (χ1n) is 8.13. The largest absolute Gasteiger partial charge is 0.381 e. The Labute approximate surface area is 138 Å². The van der Waals surface area contributed by atoms with Crippen LogP contribution in [0.1, 0.15) is 24.0 Å². The summed E-state index contributed by atoms with van der Waals surface area (Å²) in [5.41, 5.74) is 8.17. The van der Waals surface area contributed by atoms with Crippen LogP contribution in [-0.4, -0.2) is 55.9 Å². The normalized spacial score (nSPS) is 26.9. The predicted octanol–water partition coefficient (Wildman–Crippen LogP) is 0.728. The zero-order valence-corrected chi connectivity index (χ0v) is 14.3. The van der Waals surface area contributed by atoms with Crippen molar-refractivity contribution in [3.8, 4) is 0 Å². The molecule has 0 aromatic heterocycles. The fraction of sp³-hybridized carbons (Fsp3) is 0.625.